The molecule has 0 atom stereocenters. The van der Waals surface area contributed by atoms with Crippen LogP contribution in [0.5, 0.6) is 0 Å². The number of aryl methyl sites for hydroxylation is 1. The van der Waals surface area contributed by atoms with Gasteiger partial charge in [-0.05, 0) is 25.3 Å². The molecule has 5 nitrogen and oxygen atoms in total. The number of nitrogens with zero attached hydrogens (tertiary/aromatic N) is 1. The number of amides is 1. The second-order valence-electron chi connectivity index (χ2n) is 4.28. The molecule has 1 heterocycles. The molecule has 1 rings (SSSR count). The lowest BCUT2D eigenvalue weighted by atomic mass is 9.93. The van der Waals surface area contributed by atoms with Crippen molar-refractivity contribution in [2.75, 3.05) is 6.54 Å². The van der Waals surface area contributed by atoms with Crippen molar-refractivity contribution >= 4 is 5.91 Å². The molecule has 0 fully saturated rings. The molecule has 0 radical (unpaired) electrons. The van der Waals surface area contributed by atoms with E-state index >= 15 is 0 Å². The summed E-state index contributed by atoms with van der Waals surface area (Å²) in [5, 5.41) is 9.82. The summed E-state index contributed by atoms with van der Waals surface area (Å²) >= 11 is 0. The first-order valence-corrected chi connectivity index (χ1v) is 6.17. The summed E-state index contributed by atoms with van der Waals surface area (Å²) in [6.07, 6.45) is 2.47. The average Bonchev–Trinajstić information content (AvgIpc) is 2.85. The van der Waals surface area contributed by atoms with Gasteiger partial charge in [0.05, 0.1) is 5.54 Å². The van der Waals surface area contributed by atoms with E-state index in [9.17, 15) is 4.79 Å². The van der Waals surface area contributed by atoms with Gasteiger partial charge < -0.3 is 11.1 Å². The van der Waals surface area contributed by atoms with Crippen molar-refractivity contribution in [1.29, 1.82) is 0 Å². The minimum Gasteiger partial charge on any atom is -0.344 e. The monoisotopic (exact) mass is 238 g/mol. The molecule has 0 aromatic carbocycles. The molecule has 4 N–H and O–H groups in total. The maximum absolute atomic E-state index is 12.0. The van der Waals surface area contributed by atoms with E-state index < -0.39 is 0 Å². The molecule has 96 valence electrons. The summed E-state index contributed by atoms with van der Waals surface area (Å²) in [6.45, 7) is 6.51. The van der Waals surface area contributed by atoms with Crippen molar-refractivity contribution in [3.05, 3.63) is 17.5 Å². The largest absolute Gasteiger partial charge is 0.344 e. The van der Waals surface area contributed by atoms with Crippen LogP contribution in [-0.2, 0) is 6.42 Å². The Balaban J connectivity index is 2.77. The van der Waals surface area contributed by atoms with Gasteiger partial charge >= 0.3 is 0 Å². The third-order valence-electron chi connectivity index (χ3n) is 3.37. The summed E-state index contributed by atoms with van der Waals surface area (Å²) in [5.41, 5.74) is 6.82. The van der Waals surface area contributed by atoms with E-state index in [0.29, 0.717) is 12.2 Å². The molecule has 1 aromatic rings. The Hall–Kier alpha value is -1.36. The number of rotatable bonds is 6. The Kier molecular flexibility index (Phi) is 4.69. The summed E-state index contributed by atoms with van der Waals surface area (Å²) < 4.78 is 0. The van der Waals surface area contributed by atoms with E-state index in [1.807, 2.05) is 20.8 Å². The first kappa shape index (κ1) is 13.7. The minimum absolute atomic E-state index is 0.157. The minimum atomic E-state index is -0.317. The molecule has 0 aliphatic heterocycles. The molecule has 0 spiro atoms. The normalized spacial score (nSPS) is 11.5. The van der Waals surface area contributed by atoms with Gasteiger partial charge in [0, 0.05) is 12.2 Å². The highest BCUT2D eigenvalue weighted by atomic mass is 16.2. The molecule has 0 aliphatic rings. The van der Waals surface area contributed by atoms with Gasteiger partial charge in [0.25, 0.3) is 5.91 Å². The van der Waals surface area contributed by atoms with Crippen LogP contribution in [0.1, 0.15) is 49.8 Å². The Bertz CT molecular complexity index is 360. The maximum atomic E-state index is 12.0. The lowest BCUT2D eigenvalue weighted by Gasteiger charge is -2.31. The predicted octanol–water partition coefficient (Wildman–Crippen LogP) is 1.22. The highest BCUT2D eigenvalue weighted by Crippen LogP contribution is 2.14. The van der Waals surface area contributed by atoms with Gasteiger partial charge in [-0.15, -0.1) is 0 Å². The SMILES string of the molecule is CCc1cc(C(=O)NC(CC)(CC)CN)n[nH]1. The zero-order chi connectivity index (χ0) is 12.9. The fraction of sp³-hybridized carbons (Fsp3) is 0.667. The summed E-state index contributed by atoms with van der Waals surface area (Å²) in [6, 6.07) is 1.78. The Labute approximate surface area is 102 Å². The predicted molar refractivity (Wildman–Crippen MR) is 67.8 cm³/mol. The third-order valence-corrected chi connectivity index (χ3v) is 3.37. The van der Waals surface area contributed by atoms with Crippen molar-refractivity contribution in [3.8, 4) is 0 Å². The smallest absolute Gasteiger partial charge is 0.272 e. The summed E-state index contributed by atoms with van der Waals surface area (Å²) in [4.78, 5) is 12.0. The maximum Gasteiger partial charge on any atom is 0.272 e. The fourth-order valence-electron chi connectivity index (χ4n) is 1.73. The average molecular weight is 238 g/mol. The van der Waals surface area contributed by atoms with E-state index in [-0.39, 0.29) is 11.4 Å². The van der Waals surface area contributed by atoms with Gasteiger partial charge in [0.1, 0.15) is 5.69 Å². The highest BCUT2D eigenvalue weighted by molar-refractivity contribution is 5.92. The zero-order valence-corrected chi connectivity index (χ0v) is 10.8. The first-order valence-electron chi connectivity index (χ1n) is 6.17. The van der Waals surface area contributed by atoms with Crippen LogP contribution in [0.3, 0.4) is 0 Å². The lowest BCUT2D eigenvalue weighted by molar-refractivity contribution is 0.0890. The molecular weight excluding hydrogens is 216 g/mol. The molecule has 0 aliphatic carbocycles. The second-order valence-corrected chi connectivity index (χ2v) is 4.28. The number of hydrogen-bond donors (Lipinski definition) is 3. The van der Waals surface area contributed by atoms with Crippen LogP contribution in [0.25, 0.3) is 0 Å². The van der Waals surface area contributed by atoms with Crippen LogP contribution in [0.2, 0.25) is 0 Å². The molecule has 1 aromatic heterocycles. The van der Waals surface area contributed by atoms with Gasteiger partial charge in [-0.3, -0.25) is 9.89 Å². The quantitative estimate of drug-likeness (QED) is 0.696. The van der Waals surface area contributed by atoms with Crippen molar-refractivity contribution in [1.82, 2.24) is 15.5 Å². The number of nitrogens with one attached hydrogen (secondary N) is 2. The topological polar surface area (TPSA) is 83.8 Å². The number of aromatic nitrogens is 2. The molecule has 5 heteroatoms. The lowest BCUT2D eigenvalue weighted by Crippen LogP contribution is -2.52. The van der Waals surface area contributed by atoms with Crippen molar-refractivity contribution in [2.24, 2.45) is 5.73 Å². The highest BCUT2D eigenvalue weighted by Gasteiger charge is 2.27. The first-order chi connectivity index (χ1) is 8.10. The summed E-state index contributed by atoms with van der Waals surface area (Å²) in [7, 11) is 0. The van der Waals surface area contributed by atoms with Gasteiger partial charge in [-0.1, -0.05) is 20.8 Å². The molecule has 0 saturated carbocycles. The molecule has 0 bridgehead atoms. The Morgan fingerprint density at radius 1 is 1.47 bits per heavy atom. The van der Waals surface area contributed by atoms with Crippen LogP contribution in [0.4, 0.5) is 0 Å². The van der Waals surface area contributed by atoms with E-state index in [1.165, 1.54) is 0 Å². The van der Waals surface area contributed by atoms with Crippen LogP contribution < -0.4 is 11.1 Å². The molecule has 1 amide bonds. The van der Waals surface area contributed by atoms with Crippen LogP contribution in [-0.4, -0.2) is 28.2 Å². The van der Waals surface area contributed by atoms with Gasteiger partial charge in [-0.25, -0.2) is 0 Å². The van der Waals surface area contributed by atoms with E-state index in [2.05, 4.69) is 15.5 Å². The number of H-pyrrole nitrogens is 1. The van der Waals surface area contributed by atoms with Gasteiger partial charge in [-0.2, -0.15) is 5.10 Å². The van der Waals surface area contributed by atoms with Crippen LogP contribution >= 0.6 is 0 Å². The zero-order valence-electron chi connectivity index (χ0n) is 10.8. The van der Waals surface area contributed by atoms with Crippen molar-refractivity contribution in [2.45, 2.75) is 45.6 Å². The second kappa shape index (κ2) is 5.82. The van der Waals surface area contributed by atoms with E-state index in [1.54, 1.807) is 6.07 Å². The molecule has 0 unspecified atom stereocenters. The summed E-state index contributed by atoms with van der Waals surface area (Å²) in [5.74, 6) is -0.157. The van der Waals surface area contributed by atoms with Crippen molar-refractivity contribution in [3.63, 3.8) is 0 Å². The third kappa shape index (κ3) is 3.06. The number of hydrogen-bond acceptors (Lipinski definition) is 3. The number of nitrogens with two attached hydrogens (primary N) is 1. The van der Waals surface area contributed by atoms with Crippen LogP contribution in [0, 0.1) is 0 Å². The standard InChI is InChI=1S/C12H22N4O/c1-4-9-7-10(16-15-9)11(17)14-12(5-2,6-3)8-13/h7H,4-6,8,13H2,1-3H3,(H,14,17)(H,15,16). The number of carbonyl (C=O) groups excluding carboxylic acids is 1. The number of carbonyl (C=O) groups is 1. The Morgan fingerprint density at radius 3 is 2.53 bits per heavy atom. The van der Waals surface area contributed by atoms with Crippen LogP contribution in [0.15, 0.2) is 6.07 Å². The fourth-order valence-corrected chi connectivity index (χ4v) is 1.73. The van der Waals surface area contributed by atoms with E-state index in [4.69, 9.17) is 5.73 Å². The molecular formula is C12H22N4O. The van der Waals surface area contributed by atoms with Crippen molar-refractivity contribution < 1.29 is 4.79 Å². The van der Waals surface area contributed by atoms with Gasteiger partial charge in [0.2, 0.25) is 0 Å². The Morgan fingerprint density at radius 2 is 2.12 bits per heavy atom. The number of aromatic amines is 1. The van der Waals surface area contributed by atoms with E-state index in [0.717, 1.165) is 25.0 Å². The molecule has 0 saturated heterocycles. The van der Waals surface area contributed by atoms with Gasteiger partial charge in [0.15, 0.2) is 0 Å². The molecule has 17 heavy (non-hydrogen) atoms.